The number of carboxylic acids is 1. The van der Waals surface area contributed by atoms with E-state index in [2.05, 4.69) is 10.3 Å². The molecule has 1 aromatic carbocycles. The summed E-state index contributed by atoms with van der Waals surface area (Å²) in [6.45, 7) is 1.66. The summed E-state index contributed by atoms with van der Waals surface area (Å²) in [7, 11) is 0. The second kappa shape index (κ2) is 6.93. The van der Waals surface area contributed by atoms with E-state index in [9.17, 15) is 14.4 Å². The molecule has 0 aliphatic heterocycles. The van der Waals surface area contributed by atoms with Gasteiger partial charge in [-0.05, 0) is 68.0 Å². The quantitative estimate of drug-likeness (QED) is 0.748. The molecule has 0 radical (unpaired) electrons. The fourth-order valence-electron chi connectivity index (χ4n) is 3.20. The van der Waals surface area contributed by atoms with Gasteiger partial charge in [-0.3, -0.25) is 9.59 Å². The molecule has 1 aliphatic rings. The molecule has 130 valence electrons. The Morgan fingerprint density at radius 3 is 2.56 bits per heavy atom. The van der Waals surface area contributed by atoms with E-state index in [-0.39, 0.29) is 11.1 Å². The predicted molar refractivity (Wildman–Crippen MR) is 94.4 cm³/mol. The van der Waals surface area contributed by atoms with Crippen LogP contribution >= 0.6 is 0 Å². The first-order valence-electron chi connectivity index (χ1n) is 8.36. The summed E-state index contributed by atoms with van der Waals surface area (Å²) >= 11 is 0. The molecule has 0 unspecified atom stereocenters. The van der Waals surface area contributed by atoms with Crippen molar-refractivity contribution in [2.75, 3.05) is 5.32 Å². The molecular weight excluding hydrogens is 320 g/mol. The minimum Gasteiger partial charge on any atom is -0.478 e. The van der Waals surface area contributed by atoms with Gasteiger partial charge in [0.15, 0.2) is 0 Å². The minimum atomic E-state index is -1.02. The lowest BCUT2D eigenvalue weighted by Crippen LogP contribution is -2.25. The third-order valence-electron chi connectivity index (χ3n) is 4.55. The predicted octanol–water partition coefficient (Wildman–Crippen LogP) is 2.90. The minimum absolute atomic E-state index is 0.0839. The summed E-state index contributed by atoms with van der Waals surface area (Å²) in [6.07, 6.45) is 4.91. The van der Waals surface area contributed by atoms with E-state index < -0.39 is 17.4 Å². The number of carbonyl (C=O) groups excluding carboxylic acids is 1. The lowest BCUT2D eigenvalue weighted by molar-refractivity contribution is 0.0696. The van der Waals surface area contributed by atoms with Gasteiger partial charge in [-0.25, -0.2) is 4.79 Å². The van der Waals surface area contributed by atoms with Crippen LogP contribution in [0.4, 0.5) is 5.69 Å². The molecular formula is C19H20N2O4. The Bertz CT molecular complexity index is 899. The monoisotopic (exact) mass is 340 g/mol. The van der Waals surface area contributed by atoms with Gasteiger partial charge in [0.25, 0.3) is 11.5 Å². The van der Waals surface area contributed by atoms with Gasteiger partial charge in [-0.2, -0.15) is 0 Å². The van der Waals surface area contributed by atoms with Crippen LogP contribution in [0.1, 0.15) is 56.8 Å². The number of aryl methyl sites for hydroxylation is 3. The number of fused-ring (bicyclic) bond motifs is 1. The molecule has 0 saturated heterocycles. The van der Waals surface area contributed by atoms with Crippen LogP contribution in [0.2, 0.25) is 0 Å². The number of hydrogen-bond donors (Lipinski definition) is 3. The van der Waals surface area contributed by atoms with Crippen LogP contribution in [0.15, 0.2) is 29.1 Å². The van der Waals surface area contributed by atoms with Crippen molar-refractivity contribution in [1.82, 2.24) is 4.98 Å². The third kappa shape index (κ3) is 3.63. The fraction of sp³-hybridized carbons (Fsp3) is 0.316. The van der Waals surface area contributed by atoms with Crippen LogP contribution in [-0.2, 0) is 12.8 Å². The topological polar surface area (TPSA) is 99.3 Å². The summed E-state index contributed by atoms with van der Waals surface area (Å²) in [5.41, 5.74) is 2.84. The Balaban J connectivity index is 1.86. The van der Waals surface area contributed by atoms with Gasteiger partial charge in [-0.1, -0.05) is 6.42 Å². The lowest BCUT2D eigenvalue weighted by Gasteiger charge is -2.10. The SMILES string of the molecule is Cc1cc(NC(=O)c2cc3c([nH]c2=O)CCCCC3)ccc1C(=O)O. The van der Waals surface area contributed by atoms with Crippen molar-refractivity contribution >= 4 is 17.6 Å². The zero-order valence-corrected chi connectivity index (χ0v) is 14.0. The fourth-order valence-corrected chi connectivity index (χ4v) is 3.20. The number of carboxylic acid groups (broad SMARTS) is 1. The van der Waals surface area contributed by atoms with E-state index in [1.165, 1.54) is 12.1 Å². The highest BCUT2D eigenvalue weighted by Crippen LogP contribution is 2.19. The largest absolute Gasteiger partial charge is 0.478 e. The van der Waals surface area contributed by atoms with Crippen molar-refractivity contribution in [2.24, 2.45) is 0 Å². The molecule has 3 rings (SSSR count). The van der Waals surface area contributed by atoms with E-state index in [4.69, 9.17) is 5.11 Å². The number of aromatic nitrogens is 1. The van der Waals surface area contributed by atoms with E-state index in [0.717, 1.165) is 43.4 Å². The first-order chi connectivity index (χ1) is 12.0. The summed E-state index contributed by atoms with van der Waals surface area (Å²) in [6, 6.07) is 6.23. The number of H-pyrrole nitrogens is 1. The number of amides is 1. The van der Waals surface area contributed by atoms with Crippen molar-refractivity contribution in [2.45, 2.75) is 39.0 Å². The first kappa shape index (κ1) is 17.0. The average Bonchev–Trinajstić information content (AvgIpc) is 2.78. The Morgan fingerprint density at radius 2 is 1.84 bits per heavy atom. The lowest BCUT2D eigenvalue weighted by atomic mass is 10.1. The maximum atomic E-state index is 12.5. The molecule has 6 heteroatoms. The third-order valence-corrected chi connectivity index (χ3v) is 4.55. The molecule has 0 bridgehead atoms. The van der Waals surface area contributed by atoms with Gasteiger partial charge in [-0.15, -0.1) is 0 Å². The molecule has 1 amide bonds. The number of rotatable bonds is 3. The number of benzene rings is 1. The highest BCUT2D eigenvalue weighted by atomic mass is 16.4. The number of hydrogen-bond acceptors (Lipinski definition) is 3. The van der Waals surface area contributed by atoms with Crippen LogP contribution in [0.5, 0.6) is 0 Å². The molecule has 25 heavy (non-hydrogen) atoms. The van der Waals surface area contributed by atoms with Crippen molar-refractivity contribution in [1.29, 1.82) is 0 Å². The zero-order valence-electron chi connectivity index (χ0n) is 14.0. The van der Waals surface area contributed by atoms with Crippen LogP contribution in [0.3, 0.4) is 0 Å². The molecule has 6 nitrogen and oxygen atoms in total. The van der Waals surface area contributed by atoms with E-state index >= 15 is 0 Å². The molecule has 1 aliphatic carbocycles. The maximum Gasteiger partial charge on any atom is 0.335 e. The van der Waals surface area contributed by atoms with Gasteiger partial charge in [0.2, 0.25) is 0 Å². The van der Waals surface area contributed by atoms with Gasteiger partial charge < -0.3 is 15.4 Å². The second-order valence-electron chi connectivity index (χ2n) is 6.37. The second-order valence-corrected chi connectivity index (χ2v) is 6.37. The van der Waals surface area contributed by atoms with Gasteiger partial charge in [0.1, 0.15) is 5.56 Å². The number of aromatic amines is 1. The maximum absolute atomic E-state index is 12.5. The number of carbonyl (C=O) groups is 2. The molecule has 2 aromatic rings. The summed E-state index contributed by atoms with van der Waals surface area (Å²) < 4.78 is 0. The number of aromatic carboxylic acids is 1. The van der Waals surface area contributed by atoms with Crippen molar-refractivity contribution in [3.05, 3.63) is 62.6 Å². The van der Waals surface area contributed by atoms with E-state index in [0.29, 0.717) is 11.3 Å². The Hall–Kier alpha value is -2.89. The molecule has 0 spiro atoms. The highest BCUT2D eigenvalue weighted by molar-refractivity contribution is 6.04. The van der Waals surface area contributed by atoms with Crippen molar-refractivity contribution < 1.29 is 14.7 Å². The highest BCUT2D eigenvalue weighted by Gasteiger charge is 2.17. The van der Waals surface area contributed by atoms with Crippen molar-refractivity contribution in [3.63, 3.8) is 0 Å². The summed E-state index contributed by atoms with van der Waals surface area (Å²) in [5.74, 6) is -1.51. The average molecular weight is 340 g/mol. The smallest absolute Gasteiger partial charge is 0.335 e. The molecule has 1 aromatic heterocycles. The van der Waals surface area contributed by atoms with Crippen LogP contribution in [0, 0.1) is 6.92 Å². The molecule has 1 heterocycles. The summed E-state index contributed by atoms with van der Waals surface area (Å²) in [5, 5.41) is 11.7. The standard InChI is InChI=1S/C19H20N2O4/c1-11-9-13(7-8-14(11)19(24)25)20-17(22)15-10-12-5-3-2-4-6-16(12)21-18(15)23/h7-10H,2-6H2,1H3,(H,20,22)(H,21,23)(H,24,25). The van der Waals surface area contributed by atoms with Gasteiger partial charge >= 0.3 is 5.97 Å². The number of nitrogens with one attached hydrogen (secondary N) is 2. The number of anilines is 1. The van der Waals surface area contributed by atoms with Crippen molar-refractivity contribution in [3.8, 4) is 0 Å². The molecule has 0 atom stereocenters. The van der Waals surface area contributed by atoms with E-state index in [1.54, 1.807) is 19.1 Å². The van der Waals surface area contributed by atoms with Crippen LogP contribution < -0.4 is 10.9 Å². The molecule has 0 fully saturated rings. The van der Waals surface area contributed by atoms with Crippen LogP contribution in [0.25, 0.3) is 0 Å². The molecule has 0 saturated carbocycles. The van der Waals surface area contributed by atoms with Crippen LogP contribution in [-0.4, -0.2) is 22.0 Å². The Labute approximate surface area is 144 Å². The van der Waals surface area contributed by atoms with E-state index in [1.807, 2.05) is 0 Å². The normalized spacial score (nSPS) is 13.6. The van der Waals surface area contributed by atoms with Gasteiger partial charge in [0.05, 0.1) is 5.56 Å². The zero-order chi connectivity index (χ0) is 18.0. The van der Waals surface area contributed by atoms with Gasteiger partial charge in [0, 0.05) is 11.4 Å². The number of pyridine rings is 1. The first-order valence-corrected chi connectivity index (χ1v) is 8.36. The Kier molecular flexibility index (Phi) is 4.70. The molecule has 3 N–H and O–H groups in total. The Morgan fingerprint density at radius 1 is 1.08 bits per heavy atom. The summed E-state index contributed by atoms with van der Waals surface area (Å²) in [4.78, 5) is 38.6.